The fraction of sp³-hybridized carbons (Fsp3) is 0.533. The third-order valence-corrected chi connectivity index (χ3v) is 4.23. The van der Waals surface area contributed by atoms with Crippen LogP contribution in [0.1, 0.15) is 30.1 Å². The van der Waals surface area contributed by atoms with Crippen LogP contribution in [0.25, 0.3) is 0 Å². The quantitative estimate of drug-likeness (QED) is 0.894. The summed E-state index contributed by atoms with van der Waals surface area (Å²) in [4.78, 5) is 13.9. The Balaban J connectivity index is 2.16. The second kappa shape index (κ2) is 7.31. The van der Waals surface area contributed by atoms with E-state index < -0.39 is 23.1 Å². The molecule has 1 N–H and O–H groups in total. The maximum Gasteiger partial charge on any atom is 0.259 e. The molecule has 0 spiro atoms. The predicted molar refractivity (Wildman–Crippen MR) is 81.2 cm³/mol. The molecule has 1 atom stereocenters. The summed E-state index contributed by atoms with van der Waals surface area (Å²) in [6.07, 6.45) is 2.10. The molecule has 1 aliphatic rings. The molecule has 1 aromatic carbocycles. The molecule has 116 valence electrons. The summed E-state index contributed by atoms with van der Waals surface area (Å²) in [5.74, 6) is -1.89. The van der Waals surface area contributed by atoms with Gasteiger partial charge in [0.25, 0.3) is 5.91 Å². The molecule has 0 saturated carbocycles. The highest BCUT2D eigenvalue weighted by Gasteiger charge is 2.25. The van der Waals surface area contributed by atoms with E-state index in [0.29, 0.717) is 19.0 Å². The Labute approximate surface area is 131 Å². The molecule has 1 heterocycles. The number of hydrogen-bond donors (Lipinski definition) is 1. The zero-order valence-corrected chi connectivity index (χ0v) is 13.6. The average molecular weight is 361 g/mol. The van der Waals surface area contributed by atoms with Gasteiger partial charge in [-0.3, -0.25) is 4.79 Å². The van der Waals surface area contributed by atoms with Crippen LogP contribution in [0, 0.1) is 17.6 Å². The lowest BCUT2D eigenvalue weighted by Crippen LogP contribution is -2.41. The van der Waals surface area contributed by atoms with Crippen LogP contribution in [0.5, 0.6) is 0 Å². The van der Waals surface area contributed by atoms with Gasteiger partial charge >= 0.3 is 0 Å². The van der Waals surface area contributed by atoms with E-state index >= 15 is 0 Å². The van der Waals surface area contributed by atoms with Crippen molar-refractivity contribution >= 4 is 21.8 Å². The van der Waals surface area contributed by atoms with Crippen molar-refractivity contribution in [2.75, 3.05) is 26.2 Å². The minimum atomic E-state index is -0.827. The molecule has 1 fully saturated rings. The van der Waals surface area contributed by atoms with E-state index in [9.17, 15) is 13.6 Å². The zero-order chi connectivity index (χ0) is 15.4. The largest absolute Gasteiger partial charge is 0.338 e. The van der Waals surface area contributed by atoms with Crippen LogP contribution < -0.4 is 5.32 Å². The molecule has 0 bridgehead atoms. The van der Waals surface area contributed by atoms with Crippen LogP contribution in [-0.4, -0.2) is 37.0 Å². The number of amides is 1. The molecule has 0 aromatic heterocycles. The van der Waals surface area contributed by atoms with Crippen molar-refractivity contribution in [2.24, 2.45) is 5.92 Å². The number of rotatable bonds is 4. The van der Waals surface area contributed by atoms with Gasteiger partial charge < -0.3 is 10.2 Å². The predicted octanol–water partition coefficient (Wildman–Crippen LogP) is 3.19. The summed E-state index contributed by atoms with van der Waals surface area (Å²) in [6, 6.07) is 2.23. The summed E-state index contributed by atoms with van der Waals surface area (Å²) in [6.45, 7) is 4.62. The van der Waals surface area contributed by atoms with E-state index in [4.69, 9.17) is 0 Å². The van der Waals surface area contributed by atoms with Crippen molar-refractivity contribution in [3.05, 3.63) is 33.8 Å². The van der Waals surface area contributed by atoms with Gasteiger partial charge in [-0.05, 0) is 50.9 Å². The second-order valence-corrected chi connectivity index (χ2v) is 6.22. The normalized spacial score (nSPS) is 18.6. The van der Waals surface area contributed by atoms with Gasteiger partial charge in [0.1, 0.15) is 17.2 Å². The van der Waals surface area contributed by atoms with Gasteiger partial charge in [0, 0.05) is 17.6 Å². The summed E-state index contributed by atoms with van der Waals surface area (Å²) in [5, 5.41) is 3.28. The van der Waals surface area contributed by atoms with Crippen LogP contribution in [0.2, 0.25) is 0 Å². The molecule has 1 unspecified atom stereocenters. The van der Waals surface area contributed by atoms with Crippen molar-refractivity contribution in [3.63, 3.8) is 0 Å². The Kier molecular flexibility index (Phi) is 5.70. The molecule has 2 rings (SSSR count). The third kappa shape index (κ3) is 4.01. The summed E-state index contributed by atoms with van der Waals surface area (Å²) >= 11 is 3.02. The fourth-order valence-corrected chi connectivity index (χ4v) is 3.05. The maximum atomic E-state index is 13.9. The highest BCUT2D eigenvalue weighted by molar-refractivity contribution is 9.10. The summed E-state index contributed by atoms with van der Waals surface area (Å²) in [5.41, 5.74) is -0.469. The highest BCUT2D eigenvalue weighted by Crippen LogP contribution is 2.22. The number of benzene rings is 1. The number of hydrogen-bond acceptors (Lipinski definition) is 2. The van der Waals surface area contributed by atoms with Crippen molar-refractivity contribution in [1.29, 1.82) is 0 Å². The van der Waals surface area contributed by atoms with E-state index in [1.807, 2.05) is 6.92 Å². The van der Waals surface area contributed by atoms with E-state index in [0.717, 1.165) is 38.1 Å². The first-order valence-corrected chi connectivity index (χ1v) is 7.96. The maximum absolute atomic E-state index is 13.9. The van der Waals surface area contributed by atoms with Crippen LogP contribution >= 0.6 is 15.9 Å². The minimum absolute atomic E-state index is 0.286. The molecule has 1 amide bonds. The third-order valence-electron chi connectivity index (χ3n) is 3.77. The topological polar surface area (TPSA) is 32.3 Å². The van der Waals surface area contributed by atoms with Crippen molar-refractivity contribution in [2.45, 2.75) is 19.8 Å². The Bertz CT molecular complexity index is 495. The van der Waals surface area contributed by atoms with E-state index in [1.54, 1.807) is 0 Å². The standard InChI is InChI=1S/C15H19BrF2N2O/c1-2-20(9-10-4-3-5-19-8-10)15(21)14-12(17)6-11(16)7-13(14)18/h6-7,10,19H,2-5,8-9H2,1H3. The van der Waals surface area contributed by atoms with Crippen LogP contribution in [0.4, 0.5) is 8.78 Å². The van der Waals surface area contributed by atoms with Crippen molar-refractivity contribution in [1.82, 2.24) is 10.2 Å². The second-order valence-electron chi connectivity index (χ2n) is 5.30. The van der Waals surface area contributed by atoms with E-state index in [2.05, 4.69) is 21.2 Å². The summed E-state index contributed by atoms with van der Waals surface area (Å²) in [7, 11) is 0. The first-order valence-electron chi connectivity index (χ1n) is 7.17. The Morgan fingerprint density at radius 2 is 2.10 bits per heavy atom. The number of carbonyl (C=O) groups is 1. The van der Waals surface area contributed by atoms with Crippen molar-refractivity contribution in [3.8, 4) is 0 Å². The molecular weight excluding hydrogens is 342 g/mol. The number of nitrogens with zero attached hydrogens (tertiary/aromatic N) is 1. The monoisotopic (exact) mass is 360 g/mol. The van der Waals surface area contributed by atoms with Gasteiger partial charge in [0.05, 0.1) is 0 Å². The molecule has 3 nitrogen and oxygen atoms in total. The highest BCUT2D eigenvalue weighted by atomic mass is 79.9. The van der Waals surface area contributed by atoms with Crippen LogP contribution in [0.15, 0.2) is 16.6 Å². The fourth-order valence-electron chi connectivity index (χ4n) is 2.65. The first-order chi connectivity index (χ1) is 10.0. The zero-order valence-electron chi connectivity index (χ0n) is 12.0. The van der Waals surface area contributed by atoms with E-state index in [-0.39, 0.29) is 4.47 Å². The summed E-state index contributed by atoms with van der Waals surface area (Å²) < 4.78 is 28.1. The van der Waals surface area contributed by atoms with Gasteiger partial charge in [-0.1, -0.05) is 15.9 Å². The van der Waals surface area contributed by atoms with Crippen molar-refractivity contribution < 1.29 is 13.6 Å². The first kappa shape index (κ1) is 16.4. The van der Waals surface area contributed by atoms with Crippen LogP contribution in [-0.2, 0) is 0 Å². The molecule has 21 heavy (non-hydrogen) atoms. The van der Waals surface area contributed by atoms with Gasteiger partial charge in [0.2, 0.25) is 0 Å². The average Bonchev–Trinajstić information content (AvgIpc) is 2.44. The molecule has 0 aliphatic carbocycles. The van der Waals surface area contributed by atoms with Crippen LogP contribution in [0.3, 0.4) is 0 Å². The van der Waals surface area contributed by atoms with E-state index in [1.165, 1.54) is 4.90 Å². The number of halogens is 3. The molecule has 0 radical (unpaired) electrons. The molecule has 1 aliphatic heterocycles. The Hall–Kier alpha value is -1.01. The van der Waals surface area contributed by atoms with Gasteiger partial charge in [-0.25, -0.2) is 8.78 Å². The molecular formula is C15H19BrF2N2O. The lowest BCUT2D eigenvalue weighted by Gasteiger charge is -2.29. The number of carbonyl (C=O) groups excluding carboxylic acids is 1. The lowest BCUT2D eigenvalue weighted by atomic mass is 9.98. The Morgan fingerprint density at radius 3 is 2.62 bits per heavy atom. The van der Waals surface area contributed by atoms with Gasteiger partial charge in [-0.2, -0.15) is 0 Å². The number of nitrogens with one attached hydrogen (secondary N) is 1. The SMILES string of the molecule is CCN(CC1CCCNC1)C(=O)c1c(F)cc(Br)cc1F. The molecule has 6 heteroatoms. The minimum Gasteiger partial charge on any atom is -0.338 e. The Morgan fingerprint density at radius 1 is 1.43 bits per heavy atom. The van der Waals surface area contributed by atoms with Gasteiger partial charge in [-0.15, -0.1) is 0 Å². The lowest BCUT2D eigenvalue weighted by molar-refractivity contribution is 0.0719. The number of piperidine rings is 1. The molecule has 1 aromatic rings. The smallest absolute Gasteiger partial charge is 0.259 e. The van der Waals surface area contributed by atoms with Gasteiger partial charge in [0.15, 0.2) is 0 Å². The molecule has 1 saturated heterocycles.